The number of nitrogens with two attached hydrogens (primary N) is 1. The lowest BCUT2D eigenvalue weighted by atomic mass is 9.96. The van der Waals surface area contributed by atoms with Gasteiger partial charge in [0.05, 0.1) is 0 Å². The summed E-state index contributed by atoms with van der Waals surface area (Å²) in [5.74, 6) is 7.10. The lowest BCUT2D eigenvalue weighted by Crippen LogP contribution is -2.34. The Morgan fingerprint density at radius 2 is 2.06 bits per heavy atom. The van der Waals surface area contributed by atoms with E-state index in [1.54, 1.807) is 0 Å². The fourth-order valence-corrected chi connectivity index (χ4v) is 3.62. The average molecular weight is 246 g/mol. The van der Waals surface area contributed by atoms with E-state index < -0.39 is 0 Å². The molecule has 18 heavy (non-hydrogen) atoms. The van der Waals surface area contributed by atoms with Crippen LogP contribution in [0.15, 0.2) is 18.3 Å². The van der Waals surface area contributed by atoms with Gasteiger partial charge in [0.2, 0.25) is 0 Å². The van der Waals surface area contributed by atoms with E-state index in [4.69, 9.17) is 5.84 Å². The summed E-state index contributed by atoms with van der Waals surface area (Å²) in [6, 6.07) is 4.90. The number of pyridine rings is 1. The molecular weight excluding hydrogens is 224 g/mol. The monoisotopic (exact) mass is 246 g/mol. The summed E-state index contributed by atoms with van der Waals surface area (Å²) in [4.78, 5) is 6.76. The fraction of sp³-hybridized carbons (Fsp3) is 0.643. The first-order valence-electron chi connectivity index (χ1n) is 7.08. The third-order valence-electron chi connectivity index (χ3n) is 4.47. The molecule has 1 aliphatic carbocycles. The second-order valence-electron chi connectivity index (χ2n) is 5.49. The molecule has 1 aromatic rings. The second kappa shape index (κ2) is 5.14. The Balaban J connectivity index is 1.80. The predicted molar refractivity (Wildman–Crippen MR) is 74.4 cm³/mol. The molecule has 4 heteroatoms. The summed E-state index contributed by atoms with van der Waals surface area (Å²) in [6.07, 6.45) is 10.2. The molecule has 1 unspecified atom stereocenters. The fourth-order valence-electron chi connectivity index (χ4n) is 3.62. The molecule has 4 nitrogen and oxygen atoms in total. The first-order valence-corrected chi connectivity index (χ1v) is 7.08. The van der Waals surface area contributed by atoms with Crippen LogP contribution in [0.1, 0.15) is 38.5 Å². The van der Waals surface area contributed by atoms with Gasteiger partial charge in [-0.3, -0.25) is 0 Å². The van der Waals surface area contributed by atoms with Crippen LogP contribution in [0.2, 0.25) is 0 Å². The molecule has 0 bridgehead atoms. The van der Waals surface area contributed by atoms with Crippen LogP contribution >= 0.6 is 0 Å². The molecule has 3 rings (SSSR count). The molecule has 1 saturated carbocycles. The Morgan fingerprint density at radius 1 is 1.22 bits per heavy atom. The van der Waals surface area contributed by atoms with Crippen molar-refractivity contribution in [3.63, 3.8) is 0 Å². The molecule has 0 aromatic carbocycles. The van der Waals surface area contributed by atoms with Crippen molar-refractivity contribution in [2.75, 3.05) is 16.9 Å². The van der Waals surface area contributed by atoms with Crippen molar-refractivity contribution in [3.05, 3.63) is 18.3 Å². The van der Waals surface area contributed by atoms with Gasteiger partial charge in [0.15, 0.2) is 0 Å². The lowest BCUT2D eigenvalue weighted by molar-refractivity contribution is 0.431. The number of rotatable bonds is 3. The molecular formula is C14H22N4. The minimum absolute atomic E-state index is 0.737. The van der Waals surface area contributed by atoms with Gasteiger partial charge in [-0.05, 0) is 37.7 Å². The lowest BCUT2D eigenvalue weighted by Gasteiger charge is -2.31. The second-order valence-corrected chi connectivity index (χ2v) is 5.49. The maximum absolute atomic E-state index is 5.44. The maximum atomic E-state index is 5.44. The topological polar surface area (TPSA) is 54.2 Å². The van der Waals surface area contributed by atoms with Gasteiger partial charge in [0, 0.05) is 30.5 Å². The number of hydrogen-bond acceptors (Lipinski definition) is 4. The van der Waals surface area contributed by atoms with Crippen molar-refractivity contribution in [1.29, 1.82) is 0 Å². The summed E-state index contributed by atoms with van der Waals surface area (Å²) in [5.41, 5.74) is 3.91. The van der Waals surface area contributed by atoms with Gasteiger partial charge in [-0.25, -0.2) is 10.8 Å². The molecule has 2 aliphatic rings. The van der Waals surface area contributed by atoms with Gasteiger partial charge in [-0.15, -0.1) is 0 Å². The van der Waals surface area contributed by atoms with Crippen LogP contribution in [0.3, 0.4) is 0 Å². The first kappa shape index (κ1) is 11.8. The van der Waals surface area contributed by atoms with E-state index in [0.29, 0.717) is 0 Å². The molecule has 3 N–H and O–H groups in total. The molecule has 1 aromatic heterocycles. The van der Waals surface area contributed by atoms with Crippen LogP contribution in [-0.4, -0.2) is 17.6 Å². The third-order valence-corrected chi connectivity index (χ3v) is 4.47. The summed E-state index contributed by atoms with van der Waals surface area (Å²) in [7, 11) is 0. The van der Waals surface area contributed by atoms with E-state index in [1.165, 1.54) is 50.8 Å². The number of anilines is 2. The number of nitrogens with zero attached hydrogens (tertiary/aromatic N) is 2. The van der Waals surface area contributed by atoms with E-state index >= 15 is 0 Å². The number of hydrazine groups is 1. The normalized spacial score (nSPS) is 24.7. The third kappa shape index (κ3) is 2.17. The summed E-state index contributed by atoms with van der Waals surface area (Å²) in [6.45, 7) is 1.18. The number of nitrogens with one attached hydrogen (secondary N) is 1. The van der Waals surface area contributed by atoms with Crippen LogP contribution in [-0.2, 0) is 0 Å². The van der Waals surface area contributed by atoms with Gasteiger partial charge >= 0.3 is 0 Å². The Bertz CT molecular complexity index is 401. The molecule has 2 heterocycles. The molecule has 98 valence electrons. The zero-order valence-electron chi connectivity index (χ0n) is 10.8. The van der Waals surface area contributed by atoms with Crippen LogP contribution < -0.4 is 16.2 Å². The minimum atomic E-state index is 0.737. The Morgan fingerprint density at radius 3 is 2.83 bits per heavy atom. The highest BCUT2D eigenvalue weighted by molar-refractivity contribution is 5.54. The minimum Gasteiger partial charge on any atom is -0.368 e. The van der Waals surface area contributed by atoms with Gasteiger partial charge < -0.3 is 10.3 Å². The van der Waals surface area contributed by atoms with Gasteiger partial charge in [0.25, 0.3) is 0 Å². The van der Waals surface area contributed by atoms with E-state index in [9.17, 15) is 0 Å². The Kier molecular flexibility index (Phi) is 3.37. The highest BCUT2D eigenvalue weighted by Crippen LogP contribution is 2.37. The van der Waals surface area contributed by atoms with E-state index in [-0.39, 0.29) is 0 Å². The van der Waals surface area contributed by atoms with Crippen LogP contribution in [0.25, 0.3) is 0 Å². The molecule has 2 fully saturated rings. The van der Waals surface area contributed by atoms with Crippen molar-refractivity contribution in [2.24, 2.45) is 11.8 Å². The molecule has 0 radical (unpaired) electrons. The summed E-state index contributed by atoms with van der Waals surface area (Å²) < 4.78 is 0. The Labute approximate surface area is 109 Å². The van der Waals surface area contributed by atoms with Gasteiger partial charge in [-0.2, -0.15) is 0 Å². The number of hydrogen-bond donors (Lipinski definition) is 2. The van der Waals surface area contributed by atoms with Crippen molar-refractivity contribution < 1.29 is 0 Å². The summed E-state index contributed by atoms with van der Waals surface area (Å²) in [5, 5.41) is 0. The Hall–Kier alpha value is -1.29. The van der Waals surface area contributed by atoms with Crippen LogP contribution in [0.5, 0.6) is 0 Å². The van der Waals surface area contributed by atoms with Crippen molar-refractivity contribution in [3.8, 4) is 0 Å². The molecule has 1 aliphatic heterocycles. The quantitative estimate of drug-likeness (QED) is 0.635. The first-order chi connectivity index (χ1) is 8.88. The zero-order valence-corrected chi connectivity index (χ0v) is 10.8. The smallest absolute Gasteiger partial charge is 0.141 e. The van der Waals surface area contributed by atoms with Crippen molar-refractivity contribution in [2.45, 2.75) is 44.6 Å². The molecule has 0 spiro atoms. The number of nitrogen functional groups attached to an aromatic ring is 1. The predicted octanol–water partition coefficient (Wildman–Crippen LogP) is 2.53. The van der Waals surface area contributed by atoms with Crippen LogP contribution in [0.4, 0.5) is 11.5 Å². The highest BCUT2D eigenvalue weighted by Gasteiger charge is 2.33. The van der Waals surface area contributed by atoms with Crippen LogP contribution in [0, 0.1) is 5.92 Å². The SMILES string of the molecule is NNc1cc(N2CCCC2C2CCCC2)ccn1. The van der Waals surface area contributed by atoms with E-state index in [2.05, 4.69) is 27.4 Å². The van der Waals surface area contributed by atoms with E-state index in [0.717, 1.165) is 17.8 Å². The summed E-state index contributed by atoms with van der Waals surface area (Å²) >= 11 is 0. The standard InChI is InChI=1S/C14H22N4/c15-17-14-10-12(7-8-16-14)18-9-3-6-13(18)11-4-1-2-5-11/h7-8,10-11,13H,1-6,9,15H2,(H,16,17). The van der Waals surface area contributed by atoms with Crippen molar-refractivity contribution in [1.82, 2.24) is 4.98 Å². The molecule has 0 amide bonds. The van der Waals surface area contributed by atoms with Gasteiger partial charge in [-0.1, -0.05) is 12.8 Å². The highest BCUT2D eigenvalue weighted by atomic mass is 15.3. The van der Waals surface area contributed by atoms with Gasteiger partial charge in [0.1, 0.15) is 5.82 Å². The molecule has 1 atom stereocenters. The number of aromatic nitrogens is 1. The van der Waals surface area contributed by atoms with E-state index in [1.807, 2.05) is 6.20 Å². The average Bonchev–Trinajstić information content (AvgIpc) is 3.09. The largest absolute Gasteiger partial charge is 0.368 e. The van der Waals surface area contributed by atoms with Crippen molar-refractivity contribution >= 4 is 11.5 Å². The maximum Gasteiger partial charge on any atom is 0.141 e. The molecule has 1 saturated heterocycles. The zero-order chi connectivity index (χ0) is 12.4.